The van der Waals surface area contributed by atoms with Gasteiger partial charge >= 0.3 is 0 Å². The van der Waals surface area contributed by atoms with Crippen LogP contribution in [0.15, 0.2) is 48.5 Å². The molecule has 7 heteroatoms. The molecule has 1 amide bonds. The van der Waals surface area contributed by atoms with Gasteiger partial charge in [0.1, 0.15) is 0 Å². The summed E-state index contributed by atoms with van der Waals surface area (Å²) in [6.45, 7) is 2.57. The van der Waals surface area contributed by atoms with Gasteiger partial charge in [0, 0.05) is 37.0 Å². The average Bonchev–Trinajstić information content (AvgIpc) is 2.68. The van der Waals surface area contributed by atoms with Crippen molar-refractivity contribution >= 4 is 17.3 Å². The molecule has 1 saturated heterocycles. The second-order valence-electron chi connectivity index (χ2n) is 6.84. The highest BCUT2D eigenvalue weighted by atomic mass is 16.6. The van der Waals surface area contributed by atoms with Gasteiger partial charge in [-0.1, -0.05) is 36.8 Å². The van der Waals surface area contributed by atoms with Crippen molar-refractivity contribution in [2.24, 2.45) is 5.73 Å². The molecule has 3 N–H and O–H groups in total. The zero-order valence-electron chi connectivity index (χ0n) is 15.1. The smallest absolute Gasteiger partial charge is 0.270 e. The van der Waals surface area contributed by atoms with Crippen molar-refractivity contribution < 1.29 is 9.72 Å². The summed E-state index contributed by atoms with van der Waals surface area (Å²) in [5.74, 6) is -0.675. The number of nitro groups is 1. The quantitative estimate of drug-likeness (QED) is 0.577. The number of carbonyl (C=O) groups excluding carboxylic acids is 1. The number of non-ortho nitro benzene ring substituents is 1. The van der Waals surface area contributed by atoms with E-state index in [1.807, 2.05) is 18.2 Å². The fourth-order valence-corrected chi connectivity index (χ4v) is 3.55. The topological polar surface area (TPSA) is 102 Å². The number of anilines is 1. The Morgan fingerprint density at radius 2 is 2.00 bits per heavy atom. The maximum atomic E-state index is 11.7. The molecule has 1 unspecified atom stereocenters. The number of likely N-dealkylation sites (tertiary alicyclic amines) is 1. The highest BCUT2D eigenvalue weighted by molar-refractivity contribution is 5.99. The van der Waals surface area contributed by atoms with Crippen LogP contribution in [0.2, 0.25) is 0 Å². The number of nitrogens with two attached hydrogens (primary N) is 1. The van der Waals surface area contributed by atoms with Gasteiger partial charge in [-0.05, 0) is 31.0 Å². The van der Waals surface area contributed by atoms with E-state index in [0.29, 0.717) is 18.3 Å². The molecular weight excluding hydrogens is 344 g/mol. The molecule has 0 aromatic heterocycles. The number of rotatable bonds is 7. The summed E-state index contributed by atoms with van der Waals surface area (Å²) in [5, 5.41) is 14.2. The van der Waals surface area contributed by atoms with E-state index in [0.717, 1.165) is 19.5 Å². The summed E-state index contributed by atoms with van der Waals surface area (Å²) in [6.07, 6.45) is 3.41. The van der Waals surface area contributed by atoms with E-state index < -0.39 is 10.8 Å². The first-order valence-corrected chi connectivity index (χ1v) is 9.14. The van der Waals surface area contributed by atoms with Gasteiger partial charge in [0.05, 0.1) is 10.5 Å². The number of nitro benzene ring substituents is 1. The van der Waals surface area contributed by atoms with Crippen LogP contribution < -0.4 is 11.1 Å². The zero-order chi connectivity index (χ0) is 19.2. The van der Waals surface area contributed by atoms with Gasteiger partial charge in [0.2, 0.25) is 0 Å². The highest BCUT2D eigenvalue weighted by Gasteiger charge is 2.23. The van der Waals surface area contributed by atoms with Crippen molar-refractivity contribution in [1.29, 1.82) is 0 Å². The van der Waals surface area contributed by atoms with Crippen LogP contribution >= 0.6 is 0 Å². The number of amides is 1. The number of primary amides is 1. The number of nitrogens with zero attached hydrogens (tertiary/aromatic N) is 2. The van der Waals surface area contributed by atoms with Gasteiger partial charge < -0.3 is 11.1 Å². The molecular formula is C20H24N4O3. The summed E-state index contributed by atoms with van der Waals surface area (Å²) in [4.78, 5) is 24.6. The van der Waals surface area contributed by atoms with Crippen LogP contribution in [0, 0.1) is 10.1 Å². The SMILES string of the molecule is NC(=O)c1cc([N+](=O)[O-])ccc1NCC1CCCCN1Cc1ccccc1. The number of hydrogen-bond donors (Lipinski definition) is 2. The van der Waals surface area contributed by atoms with E-state index in [1.54, 1.807) is 6.07 Å². The molecule has 1 aliphatic rings. The first kappa shape index (κ1) is 18.8. The van der Waals surface area contributed by atoms with E-state index in [9.17, 15) is 14.9 Å². The van der Waals surface area contributed by atoms with Gasteiger partial charge in [-0.3, -0.25) is 19.8 Å². The molecule has 2 aromatic rings. The lowest BCUT2D eigenvalue weighted by molar-refractivity contribution is -0.384. The third-order valence-corrected chi connectivity index (χ3v) is 4.99. The van der Waals surface area contributed by atoms with Gasteiger partial charge in [0.25, 0.3) is 11.6 Å². The minimum absolute atomic E-state index is 0.141. The molecule has 1 aliphatic heterocycles. The monoisotopic (exact) mass is 368 g/mol. The van der Waals surface area contributed by atoms with E-state index in [2.05, 4.69) is 22.3 Å². The van der Waals surface area contributed by atoms with Crippen LogP contribution in [0.1, 0.15) is 35.2 Å². The van der Waals surface area contributed by atoms with Gasteiger partial charge in [-0.15, -0.1) is 0 Å². The van der Waals surface area contributed by atoms with Gasteiger partial charge in [-0.25, -0.2) is 0 Å². The average molecular weight is 368 g/mol. The van der Waals surface area contributed by atoms with Crippen molar-refractivity contribution in [3.05, 3.63) is 69.8 Å². The predicted molar refractivity (Wildman–Crippen MR) is 105 cm³/mol. The lowest BCUT2D eigenvalue weighted by Gasteiger charge is -2.36. The molecule has 27 heavy (non-hydrogen) atoms. The van der Waals surface area contributed by atoms with E-state index in [4.69, 9.17) is 5.73 Å². The summed E-state index contributed by atoms with van der Waals surface area (Å²) in [5.41, 5.74) is 7.23. The predicted octanol–water partition coefficient (Wildman–Crippen LogP) is 3.16. The molecule has 1 atom stereocenters. The van der Waals surface area contributed by atoms with E-state index in [-0.39, 0.29) is 11.3 Å². The lowest BCUT2D eigenvalue weighted by atomic mass is 10.0. The first-order valence-electron chi connectivity index (χ1n) is 9.14. The second kappa shape index (κ2) is 8.64. The van der Waals surface area contributed by atoms with Crippen LogP contribution in [0.4, 0.5) is 11.4 Å². The Balaban J connectivity index is 1.70. The summed E-state index contributed by atoms with van der Waals surface area (Å²) in [6, 6.07) is 14.9. The fraction of sp³-hybridized carbons (Fsp3) is 0.350. The molecule has 0 radical (unpaired) electrons. The Kier molecular flexibility index (Phi) is 6.03. The Hall–Kier alpha value is -2.93. The first-order chi connectivity index (χ1) is 13.0. The molecule has 3 rings (SSSR count). The molecule has 0 bridgehead atoms. The molecule has 142 valence electrons. The standard InChI is InChI=1S/C20H24N4O3/c21-20(25)18-12-16(24(26)27)9-10-19(18)22-13-17-8-4-5-11-23(17)14-15-6-2-1-3-7-15/h1-3,6-7,9-10,12,17,22H,4-5,8,11,13-14H2,(H2,21,25). The van der Waals surface area contributed by atoms with Crippen LogP contribution in [0.5, 0.6) is 0 Å². The van der Waals surface area contributed by atoms with Crippen molar-refractivity contribution in [3.63, 3.8) is 0 Å². The van der Waals surface area contributed by atoms with Crippen LogP contribution in [-0.2, 0) is 6.54 Å². The zero-order valence-corrected chi connectivity index (χ0v) is 15.1. The van der Waals surface area contributed by atoms with E-state index in [1.165, 1.54) is 30.5 Å². The molecule has 1 heterocycles. The Labute approximate surface area is 158 Å². The Morgan fingerprint density at radius 1 is 1.22 bits per heavy atom. The molecule has 1 fully saturated rings. The van der Waals surface area contributed by atoms with Crippen molar-refractivity contribution in [1.82, 2.24) is 4.90 Å². The molecule has 0 spiro atoms. The van der Waals surface area contributed by atoms with Crippen LogP contribution in [0.3, 0.4) is 0 Å². The highest BCUT2D eigenvalue weighted by Crippen LogP contribution is 2.24. The number of nitrogens with one attached hydrogen (secondary N) is 1. The number of benzene rings is 2. The molecule has 0 aliphatic carbocycles. The molecule has 2 aromatic carbocycles. The fourth-order valence-electron chi connectivity index (χ4n) is 3.55. The number of hydrogen-bond acceptors (Lipinski definition) is 5. The largest absolute Gasteiger partial charge is 0.383 e. The van der Waals surface area contributed by atoms with Crippen molar-refractivity contribution in [2.75, 3.05) is 18.4 Å². The van der Waals surface area contributed by atoms with Crippen molar-refractivity contribution in [2.45, 2.75) is 31.8 Å². The van der Waals surface area contributed by atoms with Crippen molar-refractivity contribution in [3.8, 4) is 0 Å². The van der Waals surface area contributed by atoms with Crippen LogP contribution in [-0.4, -0.2) is 34.9 Å². The maximum Gasteiger partial charge on any atom is 0.270 e. The third-order valence-electron chi connectivity index (χ3n) is 4.99. The number of piperidine rings is 1. The van der Waals surface area contributed by atoms with Gasteiger partial charge in [0.15, 0.2) is 0 Å². The minimum Gasteiger partial charge on any atom is -0.383 e. The minimum atomic E-state index is -0.675. The normalized spacial score (nSPS) is 17.4. The van der Waals surface area contributed by atoms with E-state index >= 15 is 0 Å². The third kappa shape index (κ3) is 4.83. The second-order valence-corrected chi connectivity index (χ2v) is 6.84. The van der Waals surface area contributed by atoms with Crippen LogP contribution in [0.25, 0.3) is 0 Å². The molecule has 7 nitrogen and oxygen atoms in total. The summed E-state index contributed by atoms with van der Waals surface area (Å²) >= 11 is 0. The summed E-state index contributed by atoms with van der Waals surface area (Å²) in [7, 11) is 0. The van der Waals surface area contributed by atoms with Gasteiger partial charge in [-0.2, -0.15) is 0 Å². The Bertz CT molecular complexity index is 810. The maximum absolute atomic E-state index is 11.7. The Morgan fingerprint density at radius 3 is 2.70 bits per heavy atom. The summed E-state index contributed by atoms with van der Waals surface area (Å²) < 4.78 is 0. The molecule has 0 saturated carbocycles. The number of carbonyl (C=O) groups is 1. The lowest BCUT2D eigenvalue weighted by Crippen LogP contribution is -2.43.